The molecular formula is C24H28F2N2O5. The number of hydrogen-bond acceptors (Lipinski definition) is 5. The third kappa shape index (κ3) is 6.34. The van der Waals surface area contributed by atoms with Gasteiger partial charge in [0.15, 0.2) is 11.5 Å². The molecule has 33 heavy (non-hydrogen) atoms. The van der Waals surface area contributed by atoms with Gasteiger partial charge in [0.2, 0.25) is 11.8 Å². The van der Waals surface area contributed by atoms with Crippen molar-refractivity contribution in [2.24, 2.45) is 5.92 Å². The first-order valence-electron chi connectivity index (χ1n) is 10.6. The number of amides is 2. The summed E-state index contributed by atoms with van der Waals surface area (Å²) in [6, 6.07) is 11.8. The van der Waals surface area contributed by atoms with E-state index in [0.29, 0.717) is 37.6 Å². The van der Waals surface area contributed by atoms with E-state index in [1.54, 1.807) is 43.2 Å². The van der Waals surface area contributed by atoms with E-state index >= 15 is 0 Å². The molecule has 3 rings (SSSR count). The minimum absolute atomic E-state index is 0.0456. The molecule has 7 nitrogen and oxygen atoms in total. The number of carbonyl (C=O) groups excluding carboxylic acids is 2. The molecule has 2 amide bonds. The lowest BCUT2D eigenvalue weighted by molar-refractivity contribution is -0.135. The Balaban J connectivity index is 1.53. The molecule has 1 aliphatic heterocycles. The second-order valence-electron chi connectivity index (χ2n) is 7.90. The Labute approximate surface area is 191 Å². The molecule has 1 unspecified atom stereocenters. The van der Waals surface area contributed by atoms with Crippen LogP contribution < -0.4 is 14.2 Å². The van der Waals surface area contributed by atoms with Crippen molar-refractivity contribution in [2.75, 3.05) is 34.4 Å². The smallest absolute Gasteiger partial charge is 0.387 e. The average Bonchev–Trinajstić information content (AvgIpc) is 3.18. The summed E-state index contributed by atoms with van der Waals surface area (Å²) in [7, 11) is 4.82. The normalized spacial score (nSPS) is 15.6. The summed E-state index contributed by atoms with van der Waals surface area (Å²) in [4.78, 5) is 28.6. The quantitative estimate of drug-likeness (QED) is 0.542. The van der Waals surface area contributed by atoms with Gasteiger partial charge in [-0.25, -0.2) is 0 Å². The molecule has 0 N–H and O–H groups in total. The highest BCUT2D eigenvalue weighted by molar-refractivity contribution is 5.89. The van der Waals surface area contributed by atoms with Crippen molar-refractivity contribution in [1.29, 1.82) is 0 Å². The molecule has 2 aromatic carbocycles. The maximum absolute atomic E-state index is 12.9. The Hall–Kier alpha value is -3.36. The van der Waals surface area contributed by atoms with Crippen LogP contribution in [-0.4, -0.2) is 62.6 Å². The molecule has 178 valence electrons. The Morgan fingerprint density at radius 3 is 2.39 bits per heavy atom. The van der Waals surface area contributed by atoms with Crippen molar-refractivity contribution in [3.05, 3.63) is 53.6 Å². The van der Waals surface area contributed by atoms with Crippen molar-refractivity contribution in [3.8, 4) is 17.2 Å². The van der Waals surface area contributed by atoms with Crippen LogP contribution in [0.25, 0.3) is 0 Å². The van der Waals surface area contributed by atoms with Gasteiger partial charge in [0.25, 0.3) is 0 Å². The van der Waals surface area contributed by atoms with Crippen molar-refractivity contribution >= 4 is 11.8 Å². The first-order valence-corrected chi connectivity index (χ1v) is 10.6. The lowest BCUT2D eigenvalue weighted by atomic mass is 10.1. The zero-order valence-electron chi connectivity index (χ0n) is 18.9. The van der Waals surface area contributed by atoms with Crippen LogP contribution in [0.1, 0.15) is 17.5 Å². The number of methoxy groups -OCH3 is 2. The number of ether oxygens (including phenoxy) is 3. The fourth-order valence-corrected chi connectivity index (χ4v) is 3.89. The highest BCUT2D eigenvalue weighted by atomic mass is 19.3. The predicted molar refractivity (Wildman–Crippen MR) is 117 cm³/mol. The van der Waals surface area contributed by atoms with Gasteiger partial charge in [0.05, 0.1) is 20.1 Å². The number of likely N-dealkylation sites (tertiary alicyclic amines) is 1. The van der Waals surface area contributed by atoms with E-state index in [0.717, 1.165) is 11.1 Å². The van der Waals surface area contributed by atoms with Gasteiger partial charge in [-0.1, -0.05) is 18.2 Å². The Bertz CT molecular complexity index is 968. The Kier molecular flexibility index (Phi) is 8.08. The molecule has 9 heteroatoms. The minimum atomic E-state index is -2.88. The molecule has 0 saturated carbocycles. The maximum atomic E-state index is 12.9. The largest absolute Gasteiger partial charge is 0.493 e. The second-order valence-corrected chi connectivity index (χ2v) is 7.90. The summed E-state index contributed by atoms with van der Waals surface area (Å²) in [6.07, 6.45) is 0.812. The van der Waals surface area contributed by atoms with Crippen LogP contribution in [0.15, 0.2) is 42.5 Å². The molecule has 1 aliphatic rings. The standard InChI is InChI=1S/C24H28F2N2O5/c1-27(14-17-4-7-19(8-5-17)33-24(25)26)23(30)18-13-22(29)28(15-18)11-10-16-6-9-20(31-2)21(12-16)32-3/h4-9,12,18,24H,10-11,13-15H2,1-3H3. The van der Waals surface area contributed by atoms with Crippen LogP contribution in [-0.2, 0) is 22.6 Å². The average molecular weight is 462 g/mol. The summed E-state index contributed by atoms with van der Waals surface area (Å²) in [5, 5.41) is 0. The van der Waals surface area contributed by atoms with Crippen molar-refractivity contribution in [2.45, 2.75) is 26.0 Å². The summed E-state index contributed by atoms with van der Waals surface area (Å²) < 4.78 is 39.4. The number of nitrogens with zero attached hydrogens (tertiary/aromatic N) is 2. The van der Waals surface area contributed by atoms with Gasteiger partial charge in [0.1, 0.15) is 5.75 Å². The van der Waals surface area contributed by atoms with Crippen LogP contribution in [0, 0.1) is 5.92 Å². The third-order valence-electron chi connectivity index (χ3n) is 5.63. The molecule has 0 bridgehead atoms. The molecule has 1 heterocycles. The predicted octanol–water partition coefficient (Wildman–Crippen LogP) is 3.35. The summed E-state index contributed by atoms with van der Waals surface area (Å²) in [5.41, 5.74) is 1.79. The lowest BCUT2D eigenvalue weighted by Crippen LogP contribution is -2.34. The van der Waals surface area contributed by atoms with Gasteiger partial charge in [-0.2, -0.15) is 8.78 Å². The molecule has 1 fully saturated rings. The van der Waals surface area contributed by atoms with E-state index < -0.39 is 12.5 Å². The summed E-state index contributed by atoms with van der Waals surface area (Å²) in [5.74, 6) is 0.763. The zero-order valence-corrected chi connectivity index (χ0v) is 18.9. The maximum Gasteiger partial charge on any atom is 0.387 e. The number of rotatable bonds is 10. The first kappa shape index (κ1) is 24.3. The van der Waals surface area contributed by atoms with Crippen molar-refractivity contribution in [3.63, 3.8) is 0 Å². The van der Waals surface area contributed by atoms with E-state index in [1.807, 2.05) is 18.2 Å². The van der Waals surface area contributed by atoms with E-state index in [4.69, 9.17) is 9.47 Å². The number of carbonyl (C=O) groups is 2. The van der Waals surface area contributed by atoms with Gasteiger partial charge < -0.3 is 24.0 Å². The summed E-state index contributed by atoms with van der Waals surface area (Å²) >= 11 is 0. The number of alkyl halides is 2. The Morgan fingerprint density at radius 1 is 1.09 bits per heavy atom. The van der Waals surface area contributed by atoms with E-state index in [-0.39, 0.29) is 24.0 Å². The van der Waals surface area contributed by atoms with Crippen LogP contribution >= 0.6 is 0 Å². The fourth-order valence-electron chi connectivity index (χ4n) is 3.89. The molecule has 0 aromatic heterocycles. The van der Waals surface area contributed by atoms with Crippen LogP contribution in [0.5, 0.6) is 17.2 Å². The van der Waals surface area contributed by atoms with E-state index in [9.17, 15) is 18.4 Å². The Morgan fingerprint density at radius 2 is 1.76 bits per heavy atom. The molecule has 1 saturated heterocycles. The topological polar surface area (TPSA) is 68.3 Å². The van der Waals surface area contributed by atoms with Crippen molar-refractivity contribution < 1.29 is 32.6 Å². The van der Waals surface area contributed by atoms with E-state index in [1.165, 1.54) is 12.1 Å². The molecule has 1 atom stereocenters. The SMILES string of the molecule is COc1ccc(CCN2CC(C(=O)N(C)Cc3ccc(OC(F)F)cc3)CC2=O)cc1OC. The number of hydrogen-bond donors (Lipinski definition) is 0. The fraction of sp³-hybridized carbons (Fsp3) is 0.417. The second kappa shape index (κ2) is 11.0. The van der Waals surface area contributed by atoms with Gasteiger partial charge in [-0.05, 0) is 41.8 Å². The van der Waals surface area contributed by atoms with Gasteiger partial charge in [0, 0.05) is 33.1 Å². The molecule has 0 radical (unpaired) electrons. The molecule has 0 aliphatic carbocycles. The molecule has 2 aromatic rings. The van der Waals surface area contributed by atoms with Crippen molar-refractivity contribution in [1.82, 2.24) is 9.80 Å². The monoisotopic (exact) mass is 462 g/mol. The zero-order chi connectivity index (χ0) is 24.0. The summed E-state index contributed by atoms with van der Waals surface area (Å²) in [6.45, 7) is -1.69. The van der Waals surface area contributed by atoms with Gasteiger partial charge in [-0.3, -0.25) is 9.59 Å². The number of halogens is 2. The highest BCUT2D eigenvalue weighted by Gasteiger charge is 2.35. The van der Waals surface area contributed by atoms with Crippen LogP contribution in [0.2, 0.25) is 0 Å². The van der Waals surface area contributed by atoms with Gasteiger partial charge in [-0.15, -0.1) is 0 Å². The van der Waals surface area contributed by atoms with Crippen LogP contribution in [0.3, 0.4) is 0 Å². The first-order chi connectivity index (χ1) is 15.8. The molecular weight excluding hydrogens is 434 g/mol. The highest BCUT2D eigenvalue weighted by Crippen LogP contribution is 2.28. The molecule has 0 spiro atoms. The third-order valence-corrected chi connectivity index (χ3v) is 5.63. The van der Waals surface area contributed by atoms with Gasteiger partial charge >= 0.3 is 6.61 Å². The lowest BCUT2D eigenvalue weighted by Gasteiger charge is -2.22. The minimum Gasteiger partial charge on any atom is -0.493 e. The van der Waals surface area contributed by atoms with E-state index in [2.05, 4.69) is 4.74 Å². The number of benzene rings is 2. The van der Waals surface area contributed by atoms with Crippen LogP contribution in [0.4, 0.5) is 8.78 Å².